The first kappa shape index (κ1) is 14.7. The second-order valence-corrected chi connectivity index (χ2v) is 4.23. The van der Waals surface area contributed by atoms with Crippen LogP contribution in [-0.4, -0.2) is 31.7 Å². The summed E-state index contributed by atoms with van der Waals surface area (Å²) in [7, 11) is 2.85. The minimum Gasteiger partial charge on any atom is -0.504 e. The minimum atomic E-state index is -0.148. The lowest BCUT2D eigenvalue weighted by atomic mass is 10.1. The molecule has 0 aromatic heterocycles. The van der Waals surface area contributed by atoms with E-state index in [9.17, 15) is 9.90 Å². The van der Waals surface area contributed by atoms with E-state index in [0.717, 1.165) is 0 Å². The lowest BCUT2D eigenvalue weighted by molar-refractivity contribution is 0.0919. The van der Waals surface area contributed by atoms with Crippen LogP contribution in [-0.2, 0) is 0 Å². The molecule has 0 radical (unpaired) electrons. The first-order valence-corrected chi connectivity index (χ1v) is 6.32. The highest BCUT2D eigenvalue weighted by molar-refractivity contribution is 5.97. The Morgan fingerprint density at radius 3 is 2.29 bits per heavy atom. The molecule has 0 bridgehead atoms. The molecule has 1 N–H and O–H groups in total. The molecule has 0 aliphatic carbocycles. The summed E-state index contributed by atoms with van der Waals surface area (Å²) in [6.07, 6.45) is 0. The van der Waals surface area contributed by atoms with Crippen molar-refractivity contribution >= 4 is 5.78 Å². The quantitative estimate of drug-likeness (QED) is 0.828. The number of carbonyl (C=O) groups is 1. The molecule has 5 nitrogen and oxygen atoms in total. The van der Waals surface area contributed by atoms with Gasteiger partial charge in [-0.1, -0.05) is 30.3 Å². The zero-order valence-electron chi connectivity index (χ0n) is 11.8. The Morgan fingerprint density at radius 2 is 1.67 bits per heavy atom. The number of phenols is 1. The van der Waals surface area contributed by atoms with E-state index in [1.807, 2.05) is 6.07 Å². The predicted octanol–water partition coefficient (Wildman–Crippen LogP) is 2.67. The maximum atomic E-state index is 12.0. The predicted molar refractivity (Wildman–Crippen MR) is 77.5 cm³/mol. The van der Waals surface area contributed by atoms with Crippen LogP contribution in [0.25, 0.3) is 0 Å². The van der Waals surface area contributed by atoms with Gasteiger partial charge in [-0.2, -0.15) is 0 Å². The summed E-state index contributed by atoms with van der Waals surface area (Å²) < 4.78 is 15.7. The van der Waals surface area contributed by atoms with E-state index in [1.165, 1.54) is 26.4 Å². The fourth-order valence-electron chi connectivity index (χ4n) is 1.89. The Hall–Kier alpha value is -2.69. The van der Waals surface area contributed by atoms with Gasteiger partial charge in [0.15, 0.2) is 23.9 Å². The van der Waals surface area contributed by atoms with E-state index < -0.39 is 0 Å². The number of carbonyl (C=O) groups excluding carboxylic acids is 1. The molecule has 2 aromatic rings. The van der Waals surface area contributed by atoms with Crippen molar-refractivity contribution in [3.8, 4) is 23.0 Å². The molecule has 0 unspecified atom stereocenters. The molecule has 110 valence electrons. The number of hydrogen-bond acceptors (Lipinski definition) is 5. The number of rotatable bonds is 6. The number of hydrogen-bond donors (Lipinski definition) is 1. The Morgan fingerprint density at radius 1 is 1.00 bits per heavy atom. The van der Waals surface area contributed by atoms with Crippen molar-refractivity contribution in [2.24, 2.45) is 0 Å². The lowest BCUT2D eigenvalue weighted by Gasteiger charge is -2.14. The average Bonchev–Trinajstić information content (AvgIpc) is 2.53. The van der Waals surface area contributed by atoms with Crippen LogP contribution >= 0.6 is 0 Å². The summed E-state index contributed by atoms with van der Waals surface area (Å²) in [5.74, 6) is 0.540. The van der Waals surface area contributed by atoms with Crippen LogP contribution in [0, 0.1) is 0 Å². The largest absolute Gasteiger partial charge is 0.504 e. The Balaban J connectivity index is 2.15. The van der Waals surface area contributed by atoms with Crippen molar-refractivity contribution in [2.45, 2.75) is 0 Å². The second-order valence-electron chi connectivity index (χ2n) is 4.23. The van der Waals surface area contributed by atoms with Crippen LogP contribution in [0.1, 0.15) is 10.4 Å². The van der Waals surface area contributed by atoms with Crippen LogP contribution in [0.2, 0.25) is 0 Å². The zero-order valence-corrected chi connectivity index (χ0v) is 11.8. The molecule has 0 saturated carbocycles. The van der Waals surface area contributed by atoms with E-state index in [4.69, 9.17) is 14.2 Å². The van der Waals surface area contributed by atoms with Gasteiger partial charge in [-0.3, -0.25) is 4.79 Å². The second kappa shape index (κ2) is 6.65. The Labute approximate surface area is 122 Å². The monoisotopic (exact) mass is 288 g/mol. The molecular weight excluding hydrogens is 272 g/mol. The zero-order chi connectivity index (χ0) is 15.2. The summed E-state index contributed by atoms with van der Waals surface area (Å²) in [5, 5.41) is 9.67. The highest BCUT2D eigenvalue weighted by Crippen LogP contribution is 2.43. The number of ketones is 1. The summed E-state index contributed by atoms with van der Waals surface area (Å²) in [6.45, 7) is -0.131. The summed E-state index contributed by atoms with van der Waals surface area (Å²) in [6, 6.07) is 11.8. The first-order chi connectivity index (χ1) is 10.2. The third-order valence-electron chi connectivity index (χ3n) is 2.92. The number of benzene rings is 2. The van der Waals surface area contributed by atoms with Crippen molar-refractivity contribution in [3.05, 3.63) is 48.0 Å². The van der Waals surface area contributed by atoms with Crippen LogP contribution < -0.4 is 14.2 Å². The van der Waals surface area contributed by atoms with E-state index in [2.05, 4.69) is 0 Å². The van der Waals surface area contributed by atoms with Crippen molar-refractivity contribution in [2.75, 3.05) is 20.8 Å². The van der Waals surface area contributed by atoms with Crippen molar-refractivity contribution in [1.29, 1.82) is 0 Å². The van der Waals surface area contributed by atoms with Gasteiger partial charge in [0.25, 0.3) is 0 Å². The van der Waals surface area contributed by atoms with Gasteiger partial charge in [0, 0.05) is 5.56 Å². The van der Waals surface area contributed by atoms with Crippen LogP contribution in [0.4, 0.5) is 0 Å². The molecule has 21 heavy (non-hydrogen) atoms. The molecule has 5 heteroatoms. The fraction of sp³-hybridized carbons (Fsp3) is 0.188. The van der Waals surface area contributed by atoms with Gasteiger partial charge < -0.3 is 19.3 Å². The topological polar surface area (TPSA) is 65.0 Å². The molecule has 0 atom stereocenters. The van der Waals surface area contributed by atoms with Crippen LogP contribution in [0.3, 0.4) is 0 Å². The minimum absolute atomic E-state index is 0.0592. The standard InChI is InChI=1S/C16H16O5/c1-19-15-12(17)8-9-14(16(15)20-2)21-10-13(18)11-6-4-3-5-7-11/h3-9,17H,10H2,1-2H3. The number of methoxy groups -OCH3 is 2. The Kier molecular flexibility index (Phi) is 4.66. The number of phenolic OH excluding ortho intramolecular Hbond substituents is 1. The van der Waals surface area contributed by atoms with E-state index >= 15 is 0 Å². The van der Waals surface area contributed by atoms with Gasteiger partial charge in [0.1, 0.15) is 0 Å². The lowest BCUT2D eigenvalue weighted by Crippen LogP contribution is -2.12. The SMILES string of the molecule is COc1c(O)ccc(OCC(=O)c2ccccc2)c1OC. The molecule has 2 rings (SSSR count). The fourth-order valence-corrected chi connectivity index (χ4v) is 1.89. The van der Waals surface area contributed by atoms with Crippen LogP contribution in [0.15, 0.2) is 42.5 Å². The van der Waals surface area contributed by atoms with Crippen molar-refractivity contribution < 1.29 is 24.1 Å². The molecule has 2 aromatic carbocycles. The first-order valence-electron chi connectivity index (χ1n) is 6.32. The Bertz CT molecular complexity index is 622. The van der Waals surface area contributed by atoms with Gasteiger partial charge in [-0.15, -0.1) is 0 Å². The molecule has 0 heterocycles. The molecule has 0 aliphatic heterocycles. The normalized spacial score (nSPS) is 10.0. The van der Waals surface area contributed by atoms with E-state index in [-0.39, 0.29) is 29.6 Å². The maximum Gasteiger partial charge on any atom is 0.207 e. The van der Waals surface area contributed by atoms with Crippen molar-refractivity contribution in [1.82, 2.24) is 0 Å². The third kappa shape index (κ3) is 3.25. The van der Waals surface area contributed by atoms with Gasteiger partial charge in [-0.05, 0) is 12.1 Å². The van der Waals surface area contributed by atoms with Crippen molar-refractivity contribution in [3.63, 3.8) is 0 Å². The summed E-state index contributed by atoms with van der Waals surface area (Å²) in [4.78, 5) is 12.0. The molecular formula is C16H16O5. The molecule has 0 fully saturated rings. The van der Waals surface area contributed by atoms with Crippen LogP contribution in [0.5, 0.6) is 23.0 Å². The van der Waals surface area contributed by atoms with E-state index in [1.54, 1.807) is 24.3 Å². The highest BCUT2D eigenvalue weighted by atomic mass is 16.5. The van der Waals surface area contributed by atoms with Gasteiger partial charge in [-0.25, -0.2) is 0 Å². The van der Waals surface area contributed by atoms with E-state index in [0.29, 0.717) is 11.3 Å². The number of Topliss-reactive ketones (excluding diaryl/α,β-unsaturated/α-hetero) is 1. The molecule has 0 aliphatic rings. The smallest absolute Gasteiger partial charge is 0.207 e. The number of aromatic hydroxyl groups is 1. The highest BCUT2D eigenvalue weighted by Gasteiger charge is 2.17. The van der Waals surface area contributed by atoms with Gasteiger partial charge >= 0.3 is 0 Å². The maximum absolute atomic E-state index is 12.0. The summed E-state index contributed by atoms with van der Waals surface area (Å²) >= 11 is 0. The third-order valence-corrected chi connectivity index (χ3v) is 2.92. The average molecular weight is 288 g/mol. The van der Waals surface area contributed by atoms with Gasteiger partial charge in [0.05, 0.1) is 14.2 Å². The van der Waals surface area contributed by atoms with Gasteiger partial charge in [0.2, 0.25) is 11.5 Å². The number of ether oxygens (including phenoxy) is 3. The molecule has 0 saturated heterocycles. The molecule has 0 amide bonds. The molecule has 0 spiro atoms. The summed E-state index contributed by atoms with van der Waals surface area (Å²) in [5.41, 5.74) is 0.571.